The monoisotopic (exact) mass is 244 g/mol. The molecular formula is C11H12N6O. The van der Waals surface area contributed by atoms with Crippen molar-refractivity contribution in [1.82, 2.24) is 25.9 Å². The van der Waals surface area contributed by atoms with Crippen LogP contribution < -0.4 is 10.6 Å². The second-order valence-electron chi connectivity index (χ2n) is 4.06. The van der Waals surface area contributed by atoms with Gasteiger partial charge in [0.05, 0.1) is 6.54 Å². The molecule has 1 aromatic heterocycles. The van der Waals surface area contributed by atoms with Gasteiger partial charge in [0.25, 0.3) is 5.91 Å². The van der Waals surface area contributed by atoms with Crippen LogP contribution in [0, 0.1) is 0 Å². The lowest BCUT2D eigenvalue weighted by molar-refractivity contribution is 0.0950. The van der Waals surface area contributed by atoms with Crippen molar-refractivity contribution in [1.29, 1.82) is 0 Å². The summed E-state index contributed by atoms with van der Waals surface area (Å²) in [6.45, 7) is 1.20. The second kappa shape index (κ2) is 4.44. The van der Waals surface area contributed by atoms with Gasteiger partial charge in [-0.1, -0.05) is 5.21 Å². The smallest absolute Gasteiger partial charge is 0.251 e. The van der Waals surface area contributed by atoms with Crippen molar-refractivity contribution in [2.45, 2.75) is 13.0 Å². The zero-order valence-electron chi connectivity index (χ0n) is 9.60. The maximum atomic E-state index is 11.9. The minimum absolute atomic E-state index is 0.130. The van der Waals surface area contributed by atoms with Gasteiger partial charge in [0.2, 0.25) is 0 Å². The number of tetrazole rings is 1. The third-order valence-corrected chi connectivity index (χ3v) is 2.87. The molecule has 0 unspecified atom stereocenters. The van der Waals surface area contributed by atoms with Crippen LogP contribution in [0.1, 0.15) is 21.7 Å². The molecule has 2 heterocycles. The molecule has 2 aromatic rings. The minimum Gasteiger partial charge on any atom is -0.384 e. The SMILES string of the molecule is O=C(NCc1nn[nH]n1)c1ccc2c(c1)CCN2. The molecule has 1 aliphatic heterocycles. The molecule has 0 spiro atoms. The molecule has 1 amide bonds. The summed E-state index contributed by atoms with van der Waals surface area (Å²) in [5, 5.41) is 19.3. The topological polar surface area (TPSA) is 95.6 Å². The number of benzene rings is 1. The van der Waals surface area contributed by atoms with Gasteiger partial charge in [-0.3, -0.25) is 4.79 Å². The largest absolute Gasteiger partial charge is 0.384 e. The first-order valence-electron chi connectivity index (χ1n) is 5.70. The lowest BCUT2D eigenvalue weighted by Gasteiger charge is -2.05. The van der Waals surface area contributed by atoms with E-state index in [2.05, 4.69) is 31.3 Å². The van der Waals surface area contributed by atoms with Gasteiger partial charge < -0.3 is 10.6 Å². The standard InChI is InChI=1S/C11H12N6O/c18-11(13-6-10-14-16-17-15-10)8-1-2-9-7(5-8)3-4-12-9/h1-2,5,12H,3-4,6H2,(H,13,18)(H,14,15,16,17). The van der Waals surface area contributed by atoms with E-state index in [1.165, 1.54) is 5.56 Å². The van der Waals surface area contributed by atoms with Crippen LogP contribution in [0.15, 0.2) is 18.2 Å². The Balaban J connectivity index is 1.69. The van der Waals surface area contributed by atoms with Crippen molar-refractivity contribution in [2.24, 2.45) is 0 Å². The Morgan fingerprint density at radius 1 is 1.44 bits per heavy atom. The van der Waals surface area contributed by atoms with Crippen molar-refractivity contribution in [3.05, 3.63) is 35.2 Å². The summed E-state index contributed by atoms with van der Waals surface area (Å²) < 4.78 is 0. The quantitative estimate of drug-likeness (QED) is 0.711. The molecule has 1 aromatic carbocycles. The van der Waals surface area contributed by atoms with Gasteiger partial charge in [0.1, 0.15) is 0 Å². The van der Waals surface area contributed by atoms with Gasteiger partial charge in [0.15, 0.2) is 5.82 Å². The van der Waals surface area contributed by atoms with E-state index in [1.54, 1.807) is 0 Å². The van der Waals surface area contributed by atoms with Crippen LogP contribution in [0.5, 0.6) is 0 Å². The first kappa shape index (κ1) is 10.7. The summed E-state index contributed by atoms with van der Waals surface area (Å²) in [6, 6.07) is 5.66. The van der Waals surface area contributed by atoms with Crippen LogP contribution in [0.4, 0.5) is 5.69 Å². The molecule has 18 heavy (non-hydrogen) atoms. The van der Waals surface area contributed by atoms with Crippen LogP contribution in [-0.4, -0.2) is 33.1 Å². The Labute approximate surface area is 103 Å². The van der Waals surface area contributed by atoms with Gasteiger partial charge >= 0.3 is 0 Å². The summed E-state index contributed by atoms with van der Waals surface area (Å²) in [4.78, 5) is 11.9. The van der Waals surface area contributed by atoms with Crippen molar-refractivity contribution in [3.63, 3.8) is 0 Å². The normalized spacial score (nSPS) is 12.9. The van der Waals surface area contributed by atoms with Crippen LogP contribution in [0.25, 0.3) is 0 Å². The first-order valence-corrected chi connectivity index (χ1v) is 5.70. The van der Waals surface area contributed by atoms with Gasteiger partial charge in [-0.25, -0.2) is 0 Å². The zero-order chi connectivity index (χ0) is 12.4. The fourth-order valence-corrected chi connectivity index (χ4v) is 1.96. The van der Waals surface area contributed by atoms with Crippen molar-refractivity contribution < 1.29 is 4.79 Å². The van der Waals surface area contributed by atoms with E-state index >= 15 is 0 Å². The average Bonchev–Trinajstić information content (AvgIpc) is 3.05. The fourth-order valence-electron chi connectivity index (χ4n) is 1.96. The molecular weight excluding hydrogens is 232 g/mol. The summed E-state index contributed by atoms with van der Waals surface area (Å²) in [5.74, 6) is 0.334. The molecule has 3 N–H and O–H groups in total. The van der Waals surface area contributed by atoms with E-state index in [0.717, 1.165) is 18.7 Å². The Hall–Kier alpha value is -2.44. The highest BCUT2D eigenvalue weighted by atomic mass is 16.1. The van der Waals surface area contributed by atoms with Gasteiger partial charge in [-0.2, -0.15) is 5.21 Å². The van der Waals surface area contributed by atoms with Crippen molar-refractivity contribution in [2.75, 3.05) is 11.9 Å². The summed E-state index contributed by atoms with van der Waals surface area (Å²) in [7, 11) is 0. The molecule has 0 aliphatic carbocycles. The van der Waals surface area contributed by atoms with Crippen molar-refractivity contribution in [3.8, 4) is 0 Å². The molecule has 7 heteroatoms. The summed E-state index contributed by atoms with van der Waals surface area (Å²) in [6.07, 6.45) is 0.960. The Bertz CT molecular complexity index is 565. The highest BCUT2D eigenvalue weighted by Gasteiger charge is 2.13. The number of rotatable bonds is 3. The number of hydrogen-bond acceptors (Lipinski definition) is 5. The van der Waals surface area contributed by atoms with E-state index in [-0.39, 0.29) is 12.5 Å². The van der Waals surface area contributed by atoms with E-state index in [4.69, 9.17) is 0 Å². The zero-order valence-corrected chi connectivity index (χ0v) is 9.60. The predicted molar refractivity (Wildman–Crippen MR) is 64.0 cm³/mol. The summed E-state index contributed by atoms with van der Waals surface area (Å²) >= 11 is 0. The van der Waals surface area contributed by atoms with Crippen molar-refractivity contribution >= 4 is 11.6 Å². The molecule has 0 atom stereocenters. The maximum absolute atomic E-state index is 11.9. The van der Waals surface area contributed by atoms with Gasteiger partial charge in [-0.15, -0.1) is 10.2 Å². The van der Waals surface area contributed by atoms with E-state index in [9.17, 15) is 4.79 Å². The summed E-state index contributed by atoms with van der Waals surface area (Å²) in [5.41, 5.74) is 2.95. The lowest BCUT2D eigenvalue weighted by Crippen LogP contribution is -2.23. The number of carbonyl (C=O) groups excluding carboxylic acids is 1. The van der Waals surface area contributed by atoms with E-state index in [0.29, 0.717) is 11.4 Å². The number of hydrogen-bond donors (Lipinski definition) is 3. The van der Waals surface area contributed by atoms with Crippen LogP contribution in [0.3, 0.4) is 0 Å². The molecule has 0 fully saturated rings. The van der Waals surface area contributed by atoms with Crippen LogP contribution >= 0.6 is 0 Å². The molecule has 92 valence electrons. The first-order chi connectivity index (χ1) is 8.83. The second-order valence-corrected chi connectivity index (χ2v) is 4.06. The Morgan fingerprint density at radius 2 is 2.39 bits per heavy atom. The Morgan fingerprint density at radius 3 is 3.22 bits per heavy atom. The highest BCUT2D eigenvalue weighted by Crippen LogP contribution is 2.22. The number of aromatic amines is 1. The number of fused-ring (bicyclic) bond motifs is 1. The number of H-pyrrole nitrogens is 1. The number of nitrogens with one attached hydrogen (secondary N) is 3. The fraction of sp³-hybridized carbons (Fsp3) is 0.273. The predicted octanol–water partition coefficient (Wildman–Crippen LogP) is 0.0977. The lowest BCUT2D eigenvalue weighted by atomic mass is 10.1. The van der Waals surface area contributed by atoms with Gasteiger partial charge in [-0.05, 0) is 30.2 Å². The number of aromatic nitrogens is 4. The number of amides is 1. The number of carbonyl (C=O) groups is 1. The third kappa shape index (κ3) is 2.02. The van der Waals surface area contributed by atoms with E-state index in [1.807, 2.05) is 18.2 Å². The maximum Gasteiger partial charge on any atom is 0.251 e. The van der Waals surface area contributed by atoms with Crippen LogP contribution in [-0.2, 0) is 13.0 Å². The molecule has 7 nitrogen and oxygen atoms in total. The molecule has 1 aliphatic rings. The number of nitrogens with zero attached hydrogens (tertiary/aromatic N) is 3. The Kier molecular flexibility index (Phi) is 2.64. The molecule has 0 bridgehead atoms. The molecule has 0 radical (unpaired) electrons. The molecule has 0 saturated heterocycles. The minimum atomic E-state index is -0.130. The highest BCUT2D eigenvalue weighted by molar-refractivity contribution is 5.94. The molecule has 3 rings (SSSR count). The number of anilines is 1. The molecule has 0 saturated carbocycles. The van der Waals surface area contributed by atoms with E-state index < -0.39 is 0 Å². The average molecular weight is 244 g/mol. The van der Waals surface area contributed by atoms with Gasteiger partial charge in [0, 0.05) is 17.8 Å². The van der Waals surface area contributed by atoms with Crippen LogP contribution in [0.2, 0.25) is 0 Å². The third-order valence-electron chi connectivity index (χ3n) is 2.87.